The average molecular weight is 426 g/mol. The highest BCUT2D eigenvalue weighted by Crippen LogP contribution is 2.33. The summed E-state index contributed by atoms with van der Waals surface area (Å²) in [6.07, 6.45) is 1.69. The highest BCUT2D eigenvalue weighted by molar-refractivity contribution is 7.10. The summed E-state index contributed by atoms with van der Waals surface area (Å²) in [7, 11) is 0. The number of nitrogens with zero attached hydrogens (tertiary/aromatic N) is 2. The molecule has 29 heavy (non-hydrogen) atoms. The second-order valence-electron chi connectivity index (χ2n) is 6.33. The molecule has 1 N–H and O–H groups in total. The summed E-state index contributed by atoms with van der Waals surface area (Å²) in [5, 5.41) is 5.08. The number of rotatable bonds is 5. The van der Waals surface area contributed by atoms with Crippen LogP contribution in [-0.4, -0.2) is 17.1 Å². The van der Waals surface area contributed by atoms with Gasteiger partial charge in [-0.05, 0) is 37.4 Å². The Morgan fingerprint density at radius 1 is 1.28 bits per heavy atom. The molecular formula is C21H19N3O3S2. The van der Waals surface area contributed by atoms with Crippen molar-refractivity contribution in [1.29, 1.82) is 0 Å². The number of allylic oxidation sites excluding steroid dienone is 1. The van der Waals surface area contributed by atoms with Gasteiger partial charge in [-0.25, -0.2) is 9.79 Å². The molecule has 148 valence electrons. The Bertz CT molecular complexity index is 1240. The lowest BCUT2D eigenvalue weighted by Crippen LogP contribution is -2.39. The fraction of sp³-hybridized carbons (Fsp3) is 0.190. The molecule has 2 aromatic heterocycles. The van der Waals surface area contributed by atoms with E-state index < -0.39 is 12.0 Å². The number of para-hydroxylation sites is 1. The maximum atomic E-state index is 13.2. The van der Waals surface area contributed by atoms with Gasteiger partial charge in [-0.1, -0.05) is 35.6 Å². The van der Waals surface area contributed by atoms with Crippen molar-refractivity contribution in [2.75, 3.05) is 11.9 Å². The molecule has 8 heteroatoms. The lowest BCUT2D eigenvalue weighted by molar-refractivity contribution is -0.139. The SMILES string of the molecule is CCOC(=O)C1=C(C)N=c2s/c(=C\Nc3ccccc3)c(=O)n2[C@@H]1c1cccs1. The van der Waals surface area contributed by atoms with Crippen molar-refractivity contribution in [3.05, 3.63) is 83.7 Å². The van der Waals surface area contributed by atoms with Gasteiger partial charge in [0.05, 0.1) is 17.9 Å². The molecule has 0 aliphatic carbocycles. The number of ether oxygens (including phenoxy) is 1. The molecule has 0 amide bonds. The highest BCUT2D eigenvalue weighted by Gasteiger charge is 2.33. The standard InChI is InChI=1S/C21H19N3O3S2/c1-3-27-20(26)17-13(2)23-21-24(18(17)15-10-7-11-28-15)19(25)16(29-21)12-22-14-8-5-4-6-9-14/h4-12,18,22H,3H2,1-2H3/b16-12-/t18-/m1/s1. The molecule has 0 fully saturated rings. The van der Waals surface area contributed by atoms with Crippen LogP contribution in [0.2, 0.25) is 0 Å². The van der Waals surface area contributed by atoms with Crippen LogP contribution < -0.4 is 20.2 Å². The van der Waals surface area contributed by atoms with E-state index >= 15 is 0 Å². The van der Waals surface area contributed by atoms with Gasteiger partial charge in [0.1, 0.15) is 10.6 Å². The van der Waals surface area contributed by atoms with E-state index in [-0.39, 0.29) is 12.2 Å². The summed E-state index contributed by atoms with van der Waals surface area (Å²) >= 11 is 2.80. The number of anilines is 1. The van der Waals surface area contributed by atoms with E-state index in [1.165, 1.54) is 22.7 Å². The first-order chi connectivity index (χ1) is 14.1. The number of carbonyl (C=O) groups is 1. The Morgan fingerprint density at radius 2 is 2.07 bits per heavy atom. The summed E-state index contributed by atoms with van der Waals surface area (Å²) in [6, 6.07) is 12.9. The number of carbonyl (C=O) groups excluding carboxylic acids is 1. The third kappa shape index (κ3) is 3.68. The molecule has 3 aromatic rings. The van der Waals surface area contributed by atoms with E-state index in [1.807, 2.05) is 47.8 Å². The van der Waals surface area contributed by atoms with Crippen LogP contribution in [0.4, 0.5) is 5.69 Å². The van der Waals surface area contributed by atoms with Crippen molar-refractivity contribution in [1.82, 2.24) is 4.57 Å². The smallest absolute Gasteiger partial charge is 0.338 e. The van der Waals surface area contributed by atoms with Gasteiger partial charge in [0.2, 0.25) is 0 Å². The van der Waals surface area contributed by atoms with Crippen LogP contribution in [0.15, 0.2) is 68.9 Å². The molecule has 3 heterocycles. The zero-order valence-corrected chi connectivity index (χ0v) is 17.5. The normalized spacial score (nSPS) is 16.3. The minimum Gasteiger partial charge on any atom is -0.463 e. The largest absolute Gasteiger partial charge is 0.463 e. The molecule has 1 atom stereocenters. The van der Waals surface area contributed by atoms with E-state index in [0.29, 0.717) is 20.6 Å². The fourth-order valence-electron chi connectivity index (χ4n) is 3.19. The maximum absolute atomic E-state index is 13.2. The molecule has 0 bridgehead atoms. The lowest BCUT2D eigenvalue weighted by Gasteiger charge is -2.23. The Morgan fingerprint density at radius 3 is 2.76 bits per heavy atom. The number of benzene rings is 1. The van der Waals surface area contributed by atoms with Crippen LogP contribution in [0, 0.1) is 0 Å². The zero-order chi connectivity index (χ0) is 20.4. The Balaban J connectivity index is 1.85. The molecule has 0 radical (unpaired) electrons. The molecule has 0 spiro atoms. The minimum absolute atomic E-state index is 0.190. The molecule has 0 unspecified atom stereocenters. The number of aromatic nitrogens is 1. The average Bonchev–Trinajstić information content (AvgIpc) is 3.35. The first-order valence-corrected chi connectivity index (χ1v) is 10.8. The first-order valence-electron chi connectivity index (χ1n) is 9.13. The molecule has 0 saturated heterocycles. The van der Waals surface area contributed by atoms with Gasteiger partial charge in [-0.2, -0.15) is 0 Å². The van der Waals surface area contributed by atoms with E-state index in [0.717, 1.165) is 10.6 Å². The van der Waals surface area contributed by atoms with Crippen molar-refractivity contribution in [2.24, 2.45) is 4.99 Å². The summed E-state index contributed by atoms with van der Waals surface area (Å²) < 4.78 is 7.37. The monoisotopic (exact) mass is 425 g/mol. The number of thiophene rings is 1. The molecule has 0 saturated carbocycles. The summed E-state index contributed by atoms with van der Waals surface area (Å²) in [4.78, 5) is 31.9. The van der Waals surface area contributed by atoms with Crippen molar-refractivity contribution in [3.63, 3.8) is 0 Å². The minimum atomic E-state index is -0.538. The number of hydrogen-bond donors (Lipinski definition) is 1. The second-order valence-corrected chi connectivity index (χ2v) is 8.32. The lowest BCUT2D eigenvalue weighted by atomic mass is 10.0. The molecule has 6 nitrogen and oxygen atoms in total. The molecule has 4 rings (SSSR count). The number of esters is 1. The van der Waals surface area contributed by atoms with E-state index in [1.54, 1.807) is 24.6 Å². The van der Waals surface area contributed by atoms with Crippen LogP contribution in [0.25, 0.3) is 6.20 Å². The van der Waals surface area contributed by atoms with Crippen LogP contribution in [0.5, 0.6) is 0 Å². The van der Waals surface area contributed by atoms with E-state index in [4.69, 9.17) is 4.74 Å². The van der Waals surface area contributed by atoms with Gasteiger partial charge in [-0.15, -0.1) is 11.3 Å². The number of thiazole rings is 1. The van der Waals surface area contributed by atoms with Gasteiger partial charge in [0.25, 0.3) is 5.56 Å². The predicted octanol–water partition coefficient (Wildman–Crippen LogP) is 2.88. The second kappa shape index (κ2) is 8.18. The van der Waals surface area contributed by atoms with Crippen molar-refractivity contribution in [3.8, 4) is 0 Å². The Kier molecular flexibility index (Phi) is 5.46. The van der Waals surface area contributed by atoms with E-state index in [9.17, 15) is 9.59 Å². The van der Waals surface area contributed by atoms with Gasteiger partial charge in [0, 0.05) is 16.8 Å². The van der Waals surface area contributed by atoms with Gasteiger partial charge >= 0.3 is 5.97 Å². The first kappa shape index (κ1) is 19.4. The number of nitrogens with one attached hydrogen (secondary N) is 1. The Hall–Kier alpha value is -2.97. The van der Waals surface area contributed by atoms with Crippen molar-refractivity contribution < 1.29 is 9.53 Å². The Labute approximate surface area is 175 Å². The van der Waals surface area contributed by atoms with Gasteiger partial charge in [-0.3, -0.25) is 9.36 Å². The van der Waals surface area contributed by atoms with Gasteiger partial charge in [0.15, 0.2) is 4.80 Å². The molecule has 1 aliphatic heterocycles. The van der Waals surface area contributed by atoms with Crippen LogP contribution in [0.3, 0.4) is 0 Å². The third-order valence-corrected chi connectivity index (χ3v) is 6.38. The predicted molar refractivity (Wildman–Crippen MR) is 116 cm³/mol. The number of fused-ring (bicyclic) bond motifs is 1. The summed E-state index contributed by atoms with van der Waals surface area (Å²) in [5.41, 5.74) is 1.68. The zero-order valence-electron chi connectivity index (χ0n) is 15.9. The van der Waals surface area contributed by atoms with Crippen LogP contribution >= 0.6 is 22.7 Å². The molecular weight excluding hydrogens is 406 g/mol. The quantitative estimate of drug-likeness (QED) is 0.638. The third-order valence-electron chi connectivity index (χ3n) is 4.47. The van der Waals surface area contributed by atoms with Crippen molar-refractivity contribution in [2.45, 2.75) is 19.9 Å². The van der Waals surface area contributed by atoms with Crippen LogP contribution in [0.1, 0.15) is 24.8 Å². The number of hydrogen-bond acceptors (Lipinski definition) is 7. The maximum Gasteiger partial charge on any atom is 0.338 e. The summed E-state index contributed by atoms with van der Waals surface area (Å²) in [5.74, 6) is -0.441. The van der Waals surface area contributed by atoms with Gasteiger partial charge < -0.3 is 10.1 Å². The molecule has 1 aromatic carbocycles. The summed E-state index contributed by atoms with van der Waals surface area (Å²) in [6.45, 7) is 3.81. The topological polar surface area (TPSA) is 72.7 Å². The van der Waals surface area contributed by atoms with Crippen molar-refractivity contribution >= 4 is 40.5 Å². The fourth-order valence-corrected chi connectivity index (χ4v) is 4.98. The van der Waals surface area contributed by atoms with E-state index in [2.05, 4.69) is 10.3 Å². The highest BCUT2D eigenvalue weighted by atomic mass is 32.1. The molecule has 1 aliphatic rings. The van der Waals surface area contributed by atoms with Crippen LogP contribution in [-0.2, 0) is 9.53 Å².